The average molecular weight is 179 g/mol. The Bertz CT molecular complexity index is 362. The van der Waals surface area contributed by atoms with E-state index in [4.69, 9.17) is 0 Å². The molecule has 2 nitrogen and oxygen atoms in total. The van der Waals surface area contributed by atoms with Gasteiger partial charge in [0.05, 0.1) is 5.56 Å². The maximum absolute atomic E-state index is 13.1. The lowest BCUT2D eigenvalue weighted by Crippen LogP contribution is -2.07. The number of fused-ring (bicyclic) bond motifs is 1. The number of halogens is 1. The molecular formula is C10H10FNO. The van der Waals surface area contributed by atoms with E-state index in [0.717, 1.165) is 24.2 Å². The van der Waals surface area contributed by atoms with Crippen LogP contribution in [0.5, 0.6) is 0 Å². The molecule has 1 aliphatic heterocycles. The number of hydrogen-bond acceptors (Lipinski definition) is 2. The van der Waals surface area contributed by atoms with Crippen LogP contribution < -0.4 is 0 Å². The number of hydrogen-bond donors (Lipinski definition) is 0. The lowest BCUT2D eigenvalue weighted by atomic mass is 10.1. The Hall–Kier alpha value is -1.22. The van der Waals surface area contributed by atoms with Gasteiger partial charge < -0.3 is 0 Å². The van der Waals surface area contributed by atoms with Crippen molar-refractivity contribution in [2.24, 2.45) is 0 Å². The van der Waals surface area contributed by atoms with Gasteiger partial charge in [0.25, 0.3) is 0 Å². The first-order valence-corrected chi connectivity index (χ1v) is 4.15. The fourth-order valence-corrected chi connectivity index (χ4v) is 1.70. The van der Waals surface area contributed by atoms with E-state index in [2.05, 4.69) is 4.90 Å². The van der Waals surface area contributed by atoms with Crippen molar-refractivity contribution in [1.29, 1.82) is 0 Å². The lowest BCUT2D eigenvalue weighted by Gasteiger charge is -2.02. The summed E-state index contributed by atoms with van der Waals surface area (Å²) in [6.07, 6.45) is 0.563. The van der Waals surface area contributed by atoms with E-state index in [1.807, 2.05) is 7.05 Å². The first kappa shape index (κ1) is 8.38. The molecule has 1 aromatic rings. The molecule has 0 unspecified atom stereocenters. The normalized spacial score (nSPS) is 15.8. The Kier molecular flexibility index (Phi) is 1.88. The Labute approximate surface area is 76.0 Å². The Morgan fingerprint density at radius 2 is 2.00 bits per heavy atom. The van der Waals surface area contributed by atoms with Crippen LogP contribution in [0.2, 0.25) is 0 Å². The molecule has 3 heteroatoms. The van der Waals surface area contributed by atoms with Gasteiger partial charge in [0.1, 0.15) is 5.82 Å². The predicted octanol–water partition coefficient (Wildman–Crippen LogP) is 1.58. The van der Waals surface area contributed by atoms with Crippen LogP contribution in [0.1, 0.15) is 21.5 Å². The topological polar surface area (TPSA) is 20.3 Å². The van der Waals surface area contributed by atoms with Crippen molar-refractivity contribution in [1.82, 2.24) is 4.90 Å². The summed E-state index contributed by atoms with van der Waals surface area (Å²) in [5.74, 6) is -0.413. The van der Waals surface area contributed by atoms with Crippen LogP contribution >= 0.6 is 0 Å². The molecule has 0 aliphatic carbocycles. The van der Waals surface area contributed by atoms with Gasteiger partial charge in [0, 0.05) is 13.1 Å². The fraction of sp³-hybridized carbons (Fsp3) is 0.300. The molecule has 0 aromatic heterocycles. The van der Waals surface area contributed by atoms with Gasteiger partial charge in [-0.1, -0.05) is 0 Å². The molecule has 0 saturated carbocycles. The maximum atomic E-state index is 13.1. The van der Waals surface area contributed by atoms with Crippen molar-refractivity contribution in [3.8, 4) is 0 Å². The molecular weight excluding hydrogens is 169 g/mol. The Morgan fingerprint density at radius 3 is 2.62 bits per heavy atom. The highest BCUT2D eigenvalue weighted by molar-refractivity contribution is 5.76. The molecule has 0 radical (unpaired) electrons. The summed E-state index contributed by atoms with van der Waals surface area (Å²) in [4.78, 5) is 12.5. The minimum atomic E-state index is -0.413. The SMILES string of the molecule is CN1Cc2cc(F)c(C=O)cc2C1. The summed E-state index contributed by atoms with van der Waals surface area (Å²) in [5.41, 5.74) is 2.21. The van der Waals surface area contributed by atoms with E-state index in [0.29, 0.717) is 6.29 Å². The molecule has 0 saturated heterocycles. The summed E-state index contributed by atoms with van der Waals surface area (Å²) < 4.78 is 13.1. The van der Waals surface area contributed by atoms with Crippen molar-refractivity contribution in [2.45, 2.75) is 13.1 Å². The van der Waals surface area contributed by atoms with Gasteiger partial charge in [-0.2, -0.15) is 0 Å². The predicted molar refractivity (Wildman–Crippen MR) is 47.0 cm³/mol. The number of carbonyl (C=O) groups excluding carboxylic acids is 1. The molecule has 1 aliphatic rings. The van der Waals surface area contributed by atoms with E-state index in [9.17, 15) is 9.18 Å². The van der Waals surface area contributed by atoms with Crippen molar-refractivity contribution in [2.75, 3.05) is 7.05 Å². The summed E-state index contributed by atoms with van der Waals surface area (Å²) in [6.45, 7) is 1.57. The third-order valence-corrected chi connectivity index (χ3v) is 2.33. The number of carbonyl (C=O) groups is 1. The summed E-state index contributed by atoms with van der Waals surface area (Å²) in [6, 6.07) is 3.10. The van der Waals surface area contributed by atoms with Gasteiger partial charge in [-0.25, -0.2) is 4.39 Å². The first-order valence-electron chi connectivity index (χ1n) is 4.15. The van der Waals surface area contributed by atoms with Crippen molar-refractivity contribution >= 4 is 6.29 Å². The molecule has 2 rings (SSSR count). The third-order valence-electron chi connectivity index (χ3n) is 2.33. The molecule has 1 aromatic carbocycles. The fourth-order valence-electron chi connectivity index (χ4n) is 1.70. The molecule has 0 atom stereocenters. The highest BCUT2D eigenvalue weighted by Gasteiger charge is 2.17. The second-order valence-electron chi connectivity index (χ2n) is 3.43. The molecule has 0 fully saturated rings. The van der Waals surface area contributed by atoms with E-state index >= 15 is 0 Å². The zero-order valence-corrected chi connectivity index (χ0v) is 7.38. The summed E-state index contributed by atoms with van der Waals surface area (Å²) >= 11 is 0. The second kappa shape index (κ2) is 2.92. The first-order chi connectivity index (χ1) is 6.20. The lowest BCUT2D eigenvalue weighted by molar-refractivity contribution is 0.111. The van der Waals surface area contributed by atoms with Crippen molar-refractivity contribution < 1.29 is 9.18 Å². The van der Waals surface area contributed by atoms with Crippen LogP contribution in [0.4, 0.5) is 4.39 Å². The van der Waals surface area contributed by atoms with Crippen LogP contribution in [0, 0.1) is 5.82 Å². The number of aldehydes is 1. The zero-order valence-electron chi connectivity index (χ0n) is 7.38. The van der Waals surface area contributed by atoms with Gasteiger partial charge >= 0.3 is 0 Å². The minimum Gasteiger partial charge on any atom is -0.298 e. The van der Waals surface area contributed by atoms with Crippen LogP contribution in [0.3, 0.4) is 0 Å². The van der Waals surface area contributed by atoms with E-state index < -0.39 is 5.82 Å². The molecule has 13 heavy (non-hydrogen) atoms. The van der Waals surface area contributed by atoms with Gasteiger partial charge in [-0.05, 0) is 30.3 Å². The van der Waals surface area contributed by atoms with Gasteiger partial charge in [0.15, 0.2) is 6.29 Å². The molecule has 0 N–H and O–H groups in total. The summed E-state index contributed by atoms with van der Waals surface area (Å²) in [7, 11) is 1.97. The van der Waals surface area contributed by atoms with Crippen LogP contribution in [-0.4, -0.2) is 18.2 Å². The van der Waals surface area contributed by atoms with Crippen molar-refractivity contribution in [3.63, 3.8) is 0 Å². The Morgan fingerprint density at radius 1 is 1.38 bits per heavy atom. The van der Waals surface area contributed by atoms with Crippen molar-refractivity contribution in [3.05, 3.63) is 34.6 Å². The van der Waals surface area contributed by atoms with Crippen LogP contribution in [0.15, 0.2) is 12.1 Å². The van der Waals surface area contributed by atoms with Gasteiger partial charge in [0.2, 0.25) is 0 Å². The van der Waals surface area contributed by atoms with E-state index in [1.54, 1.807) is 6.07 Å². The maximum Gasteiger partial charge on any atom is 0.153 e. The standard InChI is InChI=1S/C10H10FNO/c1-12-4-7-2-9(6-13)10(11)3-8(7)5-12/h2-3,6H,4-5H2,1H3. The molecule has 0 amide bonds. The molecule has 0 bridgehead atoms. The number of rotatable bonds is 1. The largest absolute Gasteiger partial charge is 0.298 e. The molecule has 68 valence electrons. The smallest absolute Gasteiger partial charge is 0.153 e. The highest BCUT2D eigenvalue weighted by Crippen LogP contribution is 2.23. The zero-order chi connectivity index (χ0) is 9.42. The van der Waals surface area contributed by atoms with Gasteiger partial charge in [-0.3, -0.25) is 9.69 Å². The van der Waals surface area contributed by atoms with Gasteiger partial charge in [-0.15, -0.1) is 0 Å². The minimum absolute atomic E-state index is 0.161. The van der Waals surface area contributed by atoms with E-state index in [1.165, 1.54) is 6.07 Å². The molecule has 0 spiro atoms. The van der Waals surface area contributed by atoms with Crippen LogP contribution in [-0.2, 0) is 13.1 Å². The average Bonchev–Trinajstić information content (AvgIpc) is 2.42. The molecule has 1 heterocycles. The van der Waals surface area contributed by atoms with E-state index in [-0.39, 0.29) is 5.56 Å². The number of benzene rings is 1. The van der Waals surface area contributed by atoms with Crippen LogP contribution in [0.25, 0.3) is 0 Å². The third kappa shape index (κ3) is 1.35. The number of nitrogens with zero attached hydrogens (tertiary/aromatic N) is 1. The summed E-state index contributed by atoms with van der Waals surface area (Å²) in [5, 5.41) is 0. The Balaban J connectivity index is 2.50. The monoisotopic (exact) mass is 179 g/mol. The quantitative estimate of drug-likeness (QED) is 0.610. The highest BCUT2D eigenvalue weighted by atomic mass is 19.1. The second-order valence-corrected chi connectivity index (χ2v) is 3.43.